The van der Waals surface area contributed by atoms with Crippen LogP contribution in [0.2, 0.25) is 0 Å². The van der Waals surface area contributed by atoms with E-state index in [0.29, 0.717) is 19.4 Å². The third kappa shape index (κ3) is 4.63. The van der Waals surface area contributed by atoms with Crippen LogP contribution in [0.5, 0.6) is 5.75 Å². The number of amides is 4. The lowest BCUT2D eigenvalue weighted by molar-refractivity contribution is -0.147. The van der Waals surface area contributed by atoms with Gasteiger partial charge in [-0.3, -0.25) is 9.59 Å². The zero-order valence-corrected chi connectivity index (χ0v) is 17.2. The van der Waals surface area contributed by atoms with Crippen LogP contribution in [0, 0.1) is 0 Å². The summed E-state index contributed by atoms with van der Waals surface area (Å²) in [7, 11) is 0. The van der Waals surface area contributed by atoms with Gasteiger partial charge in [-0.25, -0.2) is 4.79 Å². The fourth-order valence-corrected chi connectivity index (χ4v) is 4.22. The SMILES string of the molecule is C[C@@H](NC(=O)N[C@H]1C[C@H]2C(=O)N[C@@H](Cc3ccc(O)cc3)C(=O)N2C1)c1ccccc1. The molecule has 0 radical (unpaired) electrons. The molecule has 2 heterocycles. The fraction of sp³-hybridized carbons (Fsp3) is 0.348. The molecular formula is C23H26N4O4. The summed E-state index contributed by atoms with van der Waals surface area (Å²) in [4.78, 5) is 39.6. The van der Waals surface area contributed by atoms with Crippen LogP contribution in [0.25, 0.3) is 0 Å². The third-order valence-electron chi connectivity index (χ3n) is 5.86. The Labute approximate surface area is 180 Å². The second kappa shape index (κ2) is 8.67. The molecule has 2 saturated heterocycles. The van der Waals surface area contributed by atoms with E-state index in [0.717, 1.165) is 11.1 Å². The minimum Gasteiger partial charge on any atom is -0.508 e. The zero-order chi connectivity index (χ0) is 22.0. The molecule has 4 amide bonds. The number of carbonyl (C=O) groups excluding carboxylic acids is 3. The topological polar surface area (TPSA) is 111 Å². The quantitative estimate of drug-likeness (QED) is 0.585. The van der Waals surface area contributed by atoms with Crippen LogP contribution >= 0.6 is 0 Å². The van der Waals surface area contributed by atoms with E-state index in [-0.39, 0.29) is 35.7 Å². The van der Waals surface area contributed by atoms with E-state index >= 15 is 0 Å². The lowest BCUT2D eigenvalue weighted by Gasteiger charge is -2.34. The predicted molar refractivity (Wildman–Crippen MR) is 114 cm³/mol. The first-order valence-corrected chi connectivity index (χ1v) is 10.4. The molecule has 2 aliphatic heterocycles. The van der Waals surface area contributed by atoms with Crippen molar-refractivity contribution in [3.63, 3.8) is 0 Å². The van der Waals surface area contributed by atoms with Crippen molar-refractivity contribution in [2.24, 2.45) is 0 Å². The van der Waals surface area contributed by atoms with Crippen molar-refractivity contribution in [3.05, 3.63) is 65.7 Å². The molecule has 31 heavy (non-hydrogen) atoms. The molecule has 0 spiro atoms. The highest BCUT2D eigenvalue weighted by Crippen LogP contribution is 2.24. The van der Waals surface area contributed by atoms with E-state index in [1.165, 1.54) is 0 Å². The number of rotatable bonds is 5. The standard InChI is InChI=1S/C23H26N4O4/c1-14(16-5-3-2-4-6-16)24-23(31)25-17-12-20-21(29)26-19(22(30)27(20)13-17)11-15-7-9-18(28)10-8-15/h2-10,14,17,19-20,28H,11-13H2,1H3,(H,26,29)(H2,24,25,31)/t14-,17+,19+,20+/m1/s1. The average Bonchev–Trinajstić information content (AvgIpc) is 3.18. The molecule has 4 rings (SSSR count). The smallest absolute Gasteiger partial charge is 0.315 e. The Morgan fingerprint density at radius 1 is 1.16 bits per heavy atom. The summed E-state index contributed by atoms with van der Waals surface area (Å²) in [5, 5.41) is 18.0. The Morgan fingerprint density at radius 3 is 2.58 bits per heavy atom. The van der Waals surface area contributed by atoms with Gasteiger partial charge in [-0.15, -0.1) is 0 Å². The number of hydrogen-bond donors (Lipinski definition) is 4. The van der Waals surface area contributed by atoms with Crippen molar-refractivity contribution >= 4 is 17.8 Å². The van der Waals surface area contributed by atoms with Gasteiger partial charge in [0.1, 0.15) is 17.8 Å². The van der Waals surface area contributed by atoms with E-state index in [1.807, 2.05) is 37.3 Å². The molecule has 2 aliphatic rings. The van der Waals surface area contributed by atoms with Gasteiger partial charge in [-0.05, 0) is 36.6 Å². The number of aromatic hydroxyl groups is 1. The molecule has 0 unspecified atom stereocenters. The first-order chi connectivity index (χ1) is 14.9. The number of nitrogens with zero attached hydrogens (tertiary/aromatic N) is 1. The van der Waals surface area contributed by atoms with Crippen LogP contribution in [0.4, 0.5) is 4.79 Å². The van der Waals surface area contributed by atoms with Crippen molar-refractivity contribution in [2.45, 2.75) is 43.9 Å². The Hall–Kier alpha value is -3.55. The molecule has 0 bridgehead atoms. The van der Waals surface area contributed by atoms with Crippen LogP contribution in [0.3, 0.4) is 0 Å². The minimum atomic E-state index is -0.654. The summed E-state index contributed by atoms with van der Waals surface area (Å²) < 4.78 is 0. The van der Waals surface area contributed by atoms with Crippen LogP contribution < -0.4 is 16.0 Å². The van der Waals surface area contributed by atoms with Crippen molar-refractivity contribution in [2.75, 3.05) is 6.54 Å². The van der Waals surface area contributed by atoms with Gasteiger partial charge < -0.3 is 26.0 Å². The first kappa shape index (κ1) is 20.7. The van der Waals surface area contributed by atoms with Gasteiger partial charge in [-0.1, -0.05) is 42.5 Å². The number of fused-ring (bicyclic) bond motifs is 1. The molecule has 2 aromatic carbocycles. The van der Waals surface area contributed by atoms with E-state index in [4.69, 9.17) is 0 Å². The fourth-order valence-electron chi connectivity index (χ4n) is 4.22. The van der Waals surface area contributed by atoms with Gasteiger partial charge in [0, 0.05) is 13.0 Å². The maximum absolute atomic E-state index is 13.0. The summed E-state index contributed by atoms with van der Waals surface area (Å²) in [6, 6.07) is 14.2. The number of urea groups is 1. The number of benzene rings is 2. The third-order valence-corrected chi connectivity index (χ3v) is 5.86. The van der Waals surface area contributed by atoms with E-state index in [2.05, 4.69) is 16.0 Å². The molecule has 4 N–H and O–H groups in total. The largest absolute Gasteiger partial charge is 0.508 e. The van der Waals surface area contributed by atoms with Gasteiger partial charge in [0.15, 0.2) is 0 Å². The highest BCUT2D eigenvalue weighted by Gasteiger charge is 2.46. The minimum absolute atomic E-state index is 0.149. The summed E-state index contributed by atoms with van der Waals surface area (Å²) in [5.41, 5.74) is 1.84. The molecule has 162 valence electrons. The van der Waals surface area contributed by atoms with Crippen molar-refractivity contribution < 1.29 is 19.5 Å². The molecule has 8 heteroatoms. The summed E-state index contributed by atoms with van der Waals surface area (Å²) in [5.74, 6) is -0.207. The number of piperazine rings is 1. The van der Waals surface area contributed by atoms with E-state index < -0.39 is 12.1 Å². The summed E-state index contributed by atoms with van der Waals surface area (Å²) in [6.07, 6.45) is 0.734. The average molecular weight is 422 g/mol. The maximum Gasteiger partial charge on any atom is 0.315 e. The van der Waals surface area contributed by atoms with Gasteiger partial charge in [-0.2, -0.15) is 0 Å². The van der Waals surface area contributed by atoms with Crippen molar-refractivity contribution in [1.29, 1.82) is 0 Å². The molecule has 4 atom stereocenters. The van der Waals surface area contributed by atoms with E-state index in [1.54, 1.807) is 29.2 Å². The lowest BCUT2D eigenvalue weighted by Crippen LogP contribution is -2.61. The Morgan fingerprint density at radius 2 is 1.87 bits per heavy atom. The molecule has 0 saturated carbocycles. The van der Waals surface area contributed by atoms with Gasteiger partial charge in [0.25, 0.3) is 0 Å². The normalized spacial score (nSPS) is 23.6. The van der Waals surface area contributed by atoms with Crippen molar-refractivity contribution in [1.82, 2.24) is 20.9 Å². The van der Waals surface area contributed by atoms with Crippen LogP contribution in [0.15, 0.2) is 54.6 Å². The summed E-state index contributed by atoms with van der Waals surface area (Å²) in [6.45, 7) is 2.20. The number of hydrogen-bond acceptors (Lipinski definition) is 4. The molecule has 0 aromatic heterocycles. The Bertz CT molecular complexity index is 963. The predicted octanol–water partition coefficient (Wildman–Crippen LogP) is 1.46. The van der Waals surface area contributed by atoms with Crippen LogP contribution in [-0.4, -0.2) is 52.5 Å². The zero-order valence-electron chi connectivity index (χ0n) is 17.2. The summed E-state index contributed by atoms with van der Waals surface area (Å²) >= 11 is 0. The molecular weight excluding hydrogens is 396 g/mol. The van der Waals surface area contributed by atoms with Gasteiger partial charge in [0.2, 0.25) is 11.8 Å². The number of nitrogens with one attached hydrogen (secondary N) is 3. The lowest BCUT2D eigenvalue weighted by atomic mass is 10.0. The first-order valence-electron chi connectivity index (χ1n) is 10.4. The second-order valence-electron chi connectivity index (χ2n) is 8.12. The Balaban J connectivity index is 1.35. The maximum atomic E-state index is 13.0. The molecule has 2 aromatic rings. The number of phenols is 1. The monoisotopic (exact) mass is 422 g/mol. The van der Waals surface area contributed by atoms with Crippen molar-refractivity contribution in [3.8, 4) is 5.75 Å². The van der Waals surface area contributed by atoms with Gasteiger partial charge >= 0.3 is 6.03 Å². The highest BCUT2D eigenvalue weighted by atomic mass is 16.3. The second-order valence-corrected chi connectivity index (χ2v) is 8.12. The number of phenolic OH excluding ortho intramolecular Hbond substituents is 1. The van der Waals surface area contributed by atoms with Crippen LogP contribution in [0.1, 0.15) is 30.5 Å². The molecule has 8 nitrogen and oxygen atoms in total. The van der Waals surface area contributed by atoms with Crippen LogP contribution in [-0.2, 0) is 16.0 Å². The van der Waals surface area contributed by atoms with E-state index in [9.17, 15) is 19.5 Å². The molecule has 0 aliphatic carbocycles. The highest BCUT2D eigenvalue weighted by molar-refractivity contribution is 5.97. The molecule has 2 fully saturated rings. The van der Waals surface area contributed by atoms with Gasteiger partial charge in [0.05, 0.1) is 12.1 Å². The Kier molecular flexibility index (Phi) is 5.79. The number of carbonyl (C=O) groups is 3.